The van der Waals surface area contributed by atoms with Crippen molar-refractivity contribution in [1.82, 2.24) is 4.98 Å². The molecule has 0 bridgehead atoms. The van der Waals surface area contributed by atoms with Crippen molar-refractivity contribution in [2.45, 2.75) is 46.1 Å². The van der Waals surface area contributed by atoms with Crippen LogP contribution in [-0.4, -0.2) is 22.1 Å². The number of hydrogen-bond donors (Lipinski definition) is 2. The lowest BCUT2D eigenvalue weighted by Crippen LogP contribution is -2.23. The molecule has 0 aromatic carbocycles. The Hall–Kier alpha value is -1.10. The van der Waals surface area contributed by atoms with Crippen LogP contribution < -0.4 is 5.32 Å². The maximum atomic E-state index is 10.4. The molecule has 1 heterocycles. The second-order valence-corrected chi connectivity index (χ2v) is 5.21. The molecular formula is C12H20N2O2S. The zero-order valence-corrected chi connectivity index (χ0v) is 11.4. The molecule has 0 aliphatic heterocycles. The monoisotopic (exact) mass is 256 g/mol. The number of rotatable bonds is 7. The number of thiazole rings is 1. The Morgan fingerprint density at radius 2 is 2.29 bits per heavy atom. The van der Waals surface area contributed by atoms with E-state index >= 15 is 0 Å². The van der Waals surface area contributed by atoms with Gasteiger partial charge in [-0.25, -0.2) is 4.98 Å². The molecule has 0 aliphatic carbocycles. The van der Waals surface area contributed by atoms with Gasteiger partial charge in [0.1, 0.15) is 0 Å². The number of hydrogen-bond acceptors (Lipinski definition) is 4. The second kappa shape index (κ2) is 6.59. The van der Waals surface area contributed by atoms with Gasteiger partial charge in [-0.05, 0) is 12.8 Å². The third-order valence-corrected chi connectivity index (χ3v) is 3.82. The minimum Gasteiger partial charge on any atom is -0.481 e. The summed E-state index contributed by atoms with van der Waals surface area (Å²) in [7, 11) is 0. The van der Waals surface area contributed by atoms with Crippen LogP contribution in [0.15, 0.2) is 5.38 Å². The SMILES string of the molecule is CCC(C)C(C)Nc1nc(CCC(=O)O)cs1. The first-order valence-electron chi connectivity index (χ1n) is 5.95. The fraction of sp³-hybridized carbons (Fsp3) is 0.667. The van der Waals surface area contributed by atoms with Crippen LogP contribution in [0.2, 0.25) is 0 Å². The highest BCUT2D eigenvalue weighted by Crippen LogP contribution is 2.20. The minimum atomic E-state index is -0.777. The third kappa shape index (κ3) is 4.73. The Labute approximate surface area is 106 Å². The van der Waals surface area contributed by atoms with E-state index < -0.39 is 5.97 Å². The van der Waals surface area contributed by atoms with Gasteiger partial charge in [-0.3, -0.25) is 4.79 Å². The molecule has 0 amide bonds. The van der Waals surface area contributed by atoms with Crippen LogP contribution in [-0.2, 0) is 11.2 Å². The molecule has 2 unspecified atom stereocenters. The van der Waals surface area contributed by atoms with E-state index in [9.17, 15) is 4.79 Å². The van der Waals surface area contributed by atoms with Crippen LogP contribution in [0, 0.1) is 5.92 Å². The third-order valence-electron chi connectivity index (χ3n) is 3.00. The van der Waals surface area contributed by atoms with E-state index in [0.717, 1.165) is 17.2 Å². The number of nitrogens with zero attached hydrogens (tertiary/aromatic N) is 1. The van der Waals surface area contributed by atoms with Gasteiger partial charge in [-0.15, -0.1) is 11.3 Å². The van der Waals surface area contributed by atoms with Crippen LogP contribution in [0.25, 0.3) is 0 Å². The maximum Gasteiger partial charge on any atom is 0.303 e. The van der Waals surface area contributed by atoms with Gasteiger partial charge in [0.2, 0.25) is 0 Å². The molecule has 4 nitrogen and oxygen atoms in total. The molecular weight excluding hydrogens is 236 g/mol. The topological polar surface area (TPSA) is 62.2 Å². The van der Waals surface area contributed by atoms with Gasteiger partial charge in [-0.1, -0.05) is 20.3 Å². The van der Waals surface area contributed by atoms with Crippen molar-refractivity contribution in [3.05, 3.63) is 11.1 Å². The Balaban J connectivity index is 2.47. The first-order chi connectivity index (χ1) is 8.02. The van der Waals surface area contributed by atoms with Crippen molar-refractivity contribution in [1.29, 1.82) is 0 Å². The molecule has 0 spiro atoms. The predicted molar refractivity (Wildman–Crippen MR) is 70.6 cm³/mol. The highest BCUT2D eigenvalue weighted by atomic mass is 32.1. The molecule has 1 rings (SSSR count). The average Bonchev–Trinajstić information content (AvgIpc) is 2.73. The summed E-state index contributed by atoms with van der Waals surface area (Å²) >= 11 is 1.54. The molecule has 5 heteroatoms. The fourth-order valence-electron chi connectivity index (χ4n) is 1.41. The van der Waals surface area contributed by atoms with Crippen LogP contribution in [0.5, 0.6) is 0 Å². The van der Waals surface area contributed by atoms with E-state index in [-0.39, 0.29) is 6.42 Å². The lowest BCUT2D eigenvalue weighted by molar-refractivity contribution is -0.136. The van der Waals surface area contributed by atoms with Crippen LogP contribution in [0.4, 0.5) is 5.13 Å². The summed E-state index contributed by atoms with van der Waals surface area (Å²) in [5, 5.41) is 14.8. The molecule has 2 atom stereocenters. The summed E-state index contributed by atoms with van der Waals surface area (Å²) in [5.41, 5.74) is 0.858. The molecule has 17 heavy (non-hydrogen) atoms. The zero-order chi connectivity index (χ0) is 12.8. The molecule has 0 aliphatic rings. The molecule has 0 radical (unpaired) electrons. The number of carbonyl (C=O) groups is 1. The molecule has 96 valence electrons. The fourth-order valence-corrected chi connectivity index (χ4v) is 2.26. The Morgan fingerprint density at radius 3 is 2.88 bits per heavy atom. The van der Waals surface area contributed by atoms with E-state index in [1.807, 2.05) is 5.38 Å². The maximum absolute atomic E-state index is 10.4. The lowest BCUT2D eigenvalue weighted by Gasteiger charge is -2.18. The lowest BCUT2D eigenvalue weighted by atomic mass is 10.0. The van der Waals surface area contributed by atoms with Crippen molar-refractivity contribution >= 4 is 22.4 Å². The summed E-state index contributed by atoms with van der Waals surface area (Å²) < 4.78 is 0. The summed E-state index contributed by atoms with van der Waals surface area (Å²) in [5.74, 6) is -0.179. The first-order valence-corrected chi connectivity index (χ1v) is 6.83. The normalized spacial score (nSPS) is 14.3. The van der Waals surface area contributed by atoms with Crippen molar-refractivity contribution in [3.63, 3.8) is 0 Å². The highest BCUT2D eigenvalue weighted by molar-refractivity contribution is 7.13. The van der Waals surface area contributed by atoms with Crippen molar-refractivity contribution in [2.24, 2.45) is 5.92 Å². The zero-order valence-electron chi connectivity index (χ0n) is 10.6. The summed E-state index contributed by atoms with van der Waals surface area (Å²) in [6.07, 6.45) is 1.78. The van der Waals surface area contributed by atoms with Crippen LogP contribution in [0.3, 0.4) is 0 Å². The number of nitrogens with one attached hydrogen (secondary N) is 1. The molecule has 1 aromatic rings. The Morgan fingerprint density at radius 1 is 1.59 bits per heavy atom. The summed E-state index contributed by atoms with van der Waals surface area (Å²) in [6, 6.07) is 0.387. The van der Waals surface area contributed by atoms with E-state index in [1.165, 1.54) is 0 Å². The van der Waals surface area contributed by atoms with E-state index in [0.29, 0.717) is 18.4 Å². The van der Waals surface area contributed by atoms with Gasteiger partial charge in [0.25, 0.3) is 0 Å². The van der Waals surface area contributed by atoms with Crippen LogP contribution in [0.1, 0.15) is 39.3 Å². The standard InChI is InChI=1S/C12H20N2O2S/c1-4-8(2)9(3)13-12-14-10(7-17-12)5-6-11(15)16/h7-9H,4-6H2,1-3H3,(H,13,14)(H,15,16). The smallest absolute Gasteiger partial charge is 0.303 e. The van der Waals surface area contributed by atoms with E-state index in [1.54, 1.807) is 11.3 Å². The van der Waals surface area contributed by atoms with Crippen molar-refractivity contribution in [2.75, 3.05) is 5.32 Å². The number of aromatic nitrogens is 1. The first kappa shape index (κ1) is 14.0. The number of anilines is 1. The molecule has 0 saturated carbocycles. The summed E-state index contributed by atoms with van der Waals surface area (Å²) in [4.78, 5) is 14.8. The van der Waals surface area contributed by atoms with Gasteiger partial charge in [0, 0.05) is 17.8 Å². The largest absolute Gasteiger partial charge is 0.481 e. The van der Waals surface area contributed by atoms with Crippen LogP contribution >= 0.6 is 11.3 Å². The van der Waals surface area contributed by atoms with E-state index in [2.05, 4.69) is 31.1 Å². The predicted octanol–water partition coefficient (Wildman–Crippen LogP) is 3.01. The number of aryl methyl sites for hydroxylation is 1. The number of carboxylic acid groups (broad SMARTS) is 1. The average molecular weight is 256 g/mol. The molecule has 0 fully saturated rings. The van der Waals surface area contributed by atoms with Gasteiger partial charge >= 0.3 is 5.97 Å². The summed E-state index contributed by atoms with van der Waals surface area (Å²) in [6.45, 7) is 6.52. The van der Waals surface area contributed by atoms with E-state index in [4.69, 9.17) is 5.11 Å². The second-order valence-electron chi connectivity index (χ2n) is 4.36. The van der Waals surface area contributed by atoms with Gasteiger partial charge in [0.15, 0.2) is 5.13 Å². The van der Waals surface area contributed by atoms with Gasteiger partial charge < -0.3 is 10.4 Å². The quantitative estimate of drug-likeness (QED) is 0.787. The molecule has 1 aromatic heterocycles. The minimum absolute atomic E-state index is 0.143. The van der Waals surface area contributed by atoms with Gasteiger partial charge in [-0.2, -0.15) is 0 Å². The molecule has 0 saturated heterocycles. The Bertz CT molecular complexity index is 365. The van der Waals surface area contributed by atoms with Crippen molar-refractivity contribution in [3.8, 4) is 0 Å². The Kier molecular flexibility index (Phi) is 5.41. The van der Waals surface area contributed by atoms with Gasteiger partial charge in [0.05, 0.1) is 12.1 Å². The van der Waals surface area contributed by atoms with Crippen molar-refractivity contribution < 1.29 is 9.90 Å². The number of aliphatic carboxylic acids is 1. The highest BCUT2D eigenvalue weighted by Gasteiger charge is 2.12. The molecule has 2 N–H and O–H groups in total. The number of carboxylic acids is 1.